The van der Waals surface area contributed by atoms with Gasteiger partial charge in [-0.05, 0) is 12.1 Å². The molecule has 0 heterocycles. The second kappa shape index (κ2) is 4.17. The van der Waals surface area contributed by atoms with Gasteiger partial charge >= 0.3 is 12.3 Å². The molecule has 16 heavy (non-hydrogen) atoms. The molecule has 1 aromatic rings. The topological polar surface area (TPSA) is 46.5 Å². The van der Waals surface area contributed by atoms with Gasteiger partial charge in [0.1, 0.15) is 22.2 Å². The van der Waals surface area contributed by atoms with Crippen molar-refractivity contribution in [1.82, 2.24) is 0 Å². The summed E-state index contributed by atoms with van der Waals surface area (Å²) in [5.41, 5.74) is -1.07. The number of ether oxygens (including phenoxy) is 1. The first-order valence-electron chi connectivity index (χ1n) is 3.69. The van der Waals surface area contributed by atoms with Crippen molar-refractivity contribution in [2.24, 2.45) is 0 Å². The van der Waals surface area contributed by atoms with Crippen LogP contribution in [0.3, 0.4) is 0 Å². The molecule has 0 saturated heterocycles. The van der Waals surface area contributed by atoms with E-state index in [1.807, 2.05) is 0 Å². The molecule has 1 N–H and O–H groups in total. The zero-order valence-electron chi connectivity index (χ0n) is 7.31. The maximum atomic E-state index is 12.9. The molecule has 0 aliphatic rings. The van der Waals surface area contributed by atoms with Crippen LogP contribution in [-0.4, -0.2) is 17.4 Å². The zero-order valence-corrected chi connectivity index (χ0v) is 8.06. The van der Waals surface area contributed by atoms with Crippen LogP contribution in [0.5, 0.6) is 5.75 Å². The van der Waals surface area contributed by atoms with E-state index < -0.39 is 34.5 Å². The zero-order chi connectivity index (χ0) is 12.5. The third kappa shape index (κ3) is 2.75. The second-order valence-corrected chi connectivity index (χ2v) is 2.97. The van der Waals surface area contributed by atoms with Crippen LogP contribution in [0.15, 0.2) is 12.1 Å². The number of hydrogen-bond acceptors (Lipinski definition) is 2. The maximum Gasteiger partial charge on any atom is 0.573 e. The van der Waals surface area contributed by atoms with Gasteiger partial charge < -0.3 is 9.84 Å². The number of alkyl halides is 3. The summed E-state index contributed by atoms with van der Waals surface area (Å²) in [7, 11) is 0. The maximum absolute atomic E-state index is 12.9. The molecule has 0 saturated carbocycles. The average molecular weight is 259 g/mol. The second-order valence-electron chi connectivity index (χ2n) is 2.59. The lowest BCUT2D eigenvalue weighted by atomic mass is 10.2. The number of rotatable bonds is 2. The predicted octanol–water partition coefficient (Wildman–Crippen LogP) is 3.08. The van der Waals surface area contributed by atoms with Gasteiger partial charge in [-0.25, -0.2) is 9.18 Å². The van der Waals surface area contributed by atoms with Crippen molar-refractivity contribution >= 4 is 17.6 Å². The first kappa shape index (κ1) is 12.6. The van der Waals surface area contributed by atoms with E-state index in [0.717, 1.165) is 0 Å². The van der Waals surface area contributed by atoms with Gasteiger partial charge in [-0.3, -0.25) is 0 Å². The Labute approximate surface area is 91.2 Å². The molecular formula is C8H3ClF4O3. The lowest BCUT2D eigenvalue weighted by Gasteiger charge is -2.11. The Hall–Kier alpha value is -1.50. The van der Waals surface area contributed by atoms with Gasteiger partial charge in [0.05, 0.1) is 0 Å². The molecule has 0 aliphatic carbocycles. The molecule has 0 aliphatic heterocycles. The minimum atomic E-state index is -5.03. The highest BCUT2D eigenvalue weighted by atomic mass is 35.5. The molecule has 0 amide bonds. The van der Waals surface area contributed by atoms with Crippen LogP contribution in [-0.2, 0) is 0 Å². The number of benzene rings is 1. The number of carboxylic acids is 1. The van der Waals surface area contributed by atoms with Crippen LogP contribution in [0.4, 0.5) is 17.6 Å². The van der Waals surface area contributed by atoms with Crippen LogP contribution >= 0.6 is 11.6 Å². The number of halogens is 5. The lowest BCUT2D eigenvalue weighted by Crippen LogP contribution is -2.18. The van der Waals surface area contributed by atoms with Gasteiger partial charge in [-0.2, -0.15) is 0 Å². The number of carbonyl (C=O) groups is 1. The van der Waals surface area contributed by atoms with Crippen molar-refractivity contribution in [1.29, 1.82) is 0 Å². The fourth-order valence-electron chi connectivity index (χ4n) is 0.933. The van der Waals surface area contributed by atoms with Crippen molar-refractivity contribution in [3.05, 3.63) is 28.5 Å². The fraction of sp³-hybridized carbons (Fsp3) is 0.125. The molecule has 0 radical (unpaired) electrons. The van der Waals surface area contributed by atoms with Crippen molar-refractivity contribution in [2.75, 3.05) is 0 Å². The highest BCUT2D eigenvalue weighted by molar-refractivity contribution is 6.35. The number of aromatic carboxylic acids is 1. The fourth-order valence-corrected chi connectivity index (χ4v) is 1.21. The van der Waals surface area contributed by atoms with Crippen molar-refractivity contribution in [3.8, 4) is 5.75 Å². The average Bonchev–Trinajstić information content (AvgIpc) is 2.07. The Bertz CT molecular complexity index is 430. The third-order valence-electron chi connectivity index (χ3n) is 1.50. The summed E-state index contributed by atoms with van der Waals surface area (Å²) in [6.07, 6.45) is -5.03. The number of carboxylic acid groups (broad SMARTS) is 1. The minimum absolute atomic E-state index is 0.524. The molecule has 0 aromatic heterocycles. The number of hydrogen-bond donors (Lipinski definition) is 1. The van der Waals surface area contributed by atoms with E-state index >= 15 is 0 Å². The van der Waals surface area contributed by atoms with Crippen molar-refractivity contribution < 1.29 is 32.2 Å². The normalized spacial score (nSPS) is 11.3. The molecule has 88 valence electrons. The van der Waals surface area contributed by atoms with Crippen LogP contribution in [0.25, 0.3) is 0 Å². The molecule has 0 atom stereocenters. The van der Waals surface area contributed by atoms with Crippen molar-refractivity contribution in [2.45, 2.75) is 6.36 Å². The molecule has 1 rings (SSSR count). The highest BCUT2D eigenvalue weighted by Gasteiger charge is 2.33. The van der Waals surface area contributed by atoms with Crippen LogP contribution in [0.1, 0.15) is 10.4 Å². The Morgan fingerprint density at radius 3 is 2.38 bits per heavy atom. The van der Waals surface area contributed by atoms with Gasteiger partial charge in [-0.1, -0.05) is 11.6 Å². The molecule has 3 nitrogen and oxygen atoms in total. The van der Waals surface area contributed by atoms with E-state index in [2.05, 4.69) is 4.74 Å². The van der Waals surface area contributed by atoms with Crippen LogP contribution < -0.4 is 4.74 Å². The van der Waals surface area contributed by atoms with E-state index in [9.17, 15) is 22.4 Å². The molecule has 0 spiro atoms. The van der Waals surface area contributed by atoms with E-state index in [-0.39, 0.29) is 0 Å². The van der Waals surface area contributed by atoms with Gasteiger partial charge in [0.2, 0.25) is 0 Å². The SMILES string of the molecule is O=C(O)c1c(F)ccc(OC(F)(F)F)c1Cl. The highest BCUT2D eigenvalue weighted by Crippen LogP contribution is 2.33. The van der Waals surface area contributed by atoms with E-state index in [1.54, 1.807) is 0 Å². The summed E-state index contributed by atoms with van der Waals surface area (Å²) >= 11 is 5.27. The molecule has 0 unspecified atom stereocenters. The Morgan fingerprint density at radius 1 is 1.38 bits per heavy atom. The molecular weight excluding hydrogens is 256 g/mol. The Kier molecular flexibility index (Phi) is 3.27. The summed E-state index contributed by atoms with van der Waals surface area (Å²) in [5.74, 6) is -3.99. The Morgan fingerprint density at radius 2 is 1.94 bits per heavy atom. The van der Waals surface area contributed by atoms with Gasteiger partial charge in [0.15, 0.2) is 0 Å². The van der Waals surface area contributed by atoms with E-state index in [1.165, 1.54) is 0 Å². The summed E-state index contributed by atoms with van der Waals surface area (Å²) in [6.45, 7) is 0. The standard InChI is InChI=1S/C8H3ClF4O3/c9-6-4(16-8(11,12)13)2-1-3(10)5(6)7(14)15/h1-2H,(H,14,15). The monoisotopic (exact) mass is 258 g/mol. The van der Waals surface area contributed by atoms with E-state index in [4.69, 9.17) is 16.7 Å². The summed E-state index contributed by atoms with van der Waals surface area (Å²) in [5, 5.41) is 7.57. The predicted molar refractivity (Wildman–Crippen MR) is 45.1 cm³/mol. The van der Waals surface area contributed by atoms with E-state index in [0.29, 0.717) is 12.1 Å². The first-order chi connectivity index (χ1) is 7.22. The van der Waals surface area contributed by atoms with Crippen molar-refractivity contribution in [3.63, 3.8) is 0 Å². The largest absolute Gasteiger partial charge is 0.573 e. The van der Waals surface area contributed by atoms with Crippen LogP contribution in [0.2, 0.25) is 5.02 Å². The molecule has 0 bridgehead atoms. The summed E-state index contributed by atoms with van der Waals surface area (Å²) in [4.78, 5) is 10.5. The minimum Gasteiger partial charge on any atom is -0.478 e. The quantitative estimate of drug-likeness (QED) is 0.829. The molecule has 1 aromatic carbocycles. The first-order valence-corrected chi connectivity index (χ1v) is 4.07. The van der Waals surface area contributed by atoms with Gasteiger partial charge in [0, 0.05) is 0 Å². The lowest BCUT2D eigenvalue weighted by molar-refractivity contribution is -0.274. The smallest absolute Gasteiger partial charge is 0.478 e. The third-order valence-corrected chi connectivity index (χ3v) is 1.87. The van der Waals surface area contributed by atoms with Gasteiger partial charge in [0.25, 0.3) is 0 Å². The Balaban J connectivity index is 3.24. The van der Waals surface area contributed by atoms with Gasteiger partial charge in [-0.15, -0.1) is 13.2 Å². The summed E-state index contributed by atoms with van der Waals surface area (Å²) in [6, 6.07) is 1.12. The molecule has 8 heteroatoms. The van der Waals surface area contributed by atoms with Crippen LogP contribution in [0, 0.1) is 5.82 Å². The molecule has 0 fully saturated rings. The summed E-state index contributed by atoms with van der Waals surface area (Å²) < 4.78 is 51.8.